The lowest BCUT2D eigenvalue weighted by molar-refractivity contribution is -0.131. The highest BCUT2D eigenvalue weighted by molar-refractivity contribution is 7.88. The van der Waals surface area contributed by atoms with Crippen LogP contribution in [0.15, 0.2) is 0 Å². The van der Waals surface area contributed by atoms with E-state index in [4.69, 9.17) is 5.73 Å². The van der Waals surface area contributed by atoms with Gasteiger partial charge in [0.05, 0.1) is 12.3 Å². The van der Waals surface area contributed by atoms with E-state index >= 15 is 0 Å². The molecule has 0 bridgehead atoms. The number of amides is 1. The maximum atomic E-state index is 11.9. The van der Waals surface area contributed by atoms with Gasteiger partial charge in [0, 0.05) is 19.6 Å². The number of nitrogens with two attached hydrogens (primary N) is 1. The number of sulfonamides is 1. The number of nitrogens with zero attached hydrogens (tertiary/aromatic N) is 1. The summed E-state index contributed by atoms with van der Waals surface area (Å²) in [6, 6.07) is -0.710. The van der Waals surface area contributed by atoms with Gasteiger partial charge in [-0.15, -0.1) is 12.4 Å². The molecule has 0 heterocycles. The second-order valence-corrected chi connectivity index (χ2v) is 6.85. The average molecular weight is 316 g/mol. The molecule has 8 heteroatoms. The zero-order valence-electron chi connectivity index (χ0n) is 12.2. The molecular weight excluding hydrogens is 290 g/mol. The minimum absolute atomic E-state index is 0. The Bertz CT molecular complexity index is 373. The van der Waals surface area contributed by atoms with Gasteiger partial charge >= 0.3 is 0 Å². The predicted molar refractivity (Wildman–Crippen MR) is 79.8 cm³/mol. The Hall–Kier alpha value is -0.370. The fourth-order valence-corrected chi connectivity index (χ4v) is 2.23. The highest BCUT2D eigenvalue weighted by Crippen LogP contribution is 2.04. The largest absolute Gasteiger partial charge is 0.344 e. The van der Waals surface area contributed by atoms with Crippen LogP contribution in [0.25, 0.3) is 0 Å². The first-order valence-electron chi connectivity index (χ1n) is 6.02. The smallest absolute Gasteiger partial charge is 0.240 e. The Morgan fingerprint density at radius 3 is 2.16 bits per heavy atom. The van der Waals surface area contributed by atoms with E-state index in [1.807, 2.05) is 13.8 Å². The number of nitrogens with one attached hydrogen (secondary N) is 1. The second-order valence-electron chi connectivity index (χ2n) is 5.07. The van der Waals surface area contributed by atoms with Gasteiger partial charge in [-0.25, -0.2) is 13.1 Å². The maximum Gasteiger partial charge on any atom is 0.240 e. The Balaban J connectivity index is 0. The van der Waals surface area contributed by atoms with Crippen LogP contribution >= 0.6 is 12.4 Å². The van der Waals surface area contributed by atoms with E-state index in [2.05, 4.69) is 4.72 Å². The zero-order valence-corrected chi connectivity index (χ0v) is 13.8. The molecule has 0 aliphatic rings. The predicted octanol–water partition coefficient (Wildman–Crippen LogP) is 0.178. The molecule has 6 nitrogen and oxygen atoms in total. The first-order valence-corrected chi connectivity index (χ1v) is 7.91. The van der Waals surface area contributed by atoms with Gasteiger partial charge in [-0.3, -0.25) is 4.79 Å². The summed E-state index contributed by atoms with van der Waals surface area (Å²) >= 11 is 0. The fraction of sp³-hybridized carbons (Fsp3) is 0.909. The molecule has 0 saturated carbocycles. The van der Waals surface area contributed by atoms with Crippen molar-refractivity contribution in [2.45, 2.75) is 39.3 Å². The second kappa shape index (κ2) is 8.73. The summed E-state index contributed by atoms with van der Waals surface area (Å²) in [5.41, 5.74) is 5.89. The Kier molecular flexibility index (Phi) is 9.62. The summed E-state index contributed by atoms with van der Waals surface area (Å²) < 4.78 is 24.3. The molecule has 0 fully saturated rings. The molecule has 2 unspecified atom stereocenters. The van der Waals surface area contributed by atoms with Crippen molar-refractivity contribution in [1.82, 2.24) is 9.62 Å². The molecule has 0 radical (unpaired) electrons. The van der Waals surface area contributed by atoms with E-state index in [9.17, 15) is 13.2 Å². The van der Waals surface area contributed by atoms with Gasteiger partial charge in [0.1, 0.15) is 0 Å². The van der Waals surface area contributed by atoms with E-state index < -0.39 is 16.1 Å². The zero-order chi connectivity index (χ0) is 14.5. The van der Waals surface area contributed by atoms with Crippen LogP contribution in [0.5, 0.6) is 0 Å². The van der Waals surface area contributed by atoms with Crippen LogP contribution in [0, 0.1) is 5.92 Å². The molecule has 0 spiro atoms. The van der Waals surface area contributed by atoms with Gasteiger partial charge in [-0.2, -0.15) is 0 Å². The van der Waals surface area contributed by atoms with Crippen molar-refractivity contribution in [3.8, 4) is 0 Å². The molecule has 2 atom stereocenters. The number of halogens is 1. The highest BCUT2D eigenvalue weighted by atomic mass is 35.5. The van der Waals surface area contributed by atoms with Crippen LogP contribution in [0.1, 0.15) is 27.2 Å². The molecule has 3 N–H and O–H groups in total. The summed E-state index contributed by atoms with van der Waals surface area (Å²) in [6.07, 6.45) is 1.73. The van der Waals surface area contributed by atoms with Crippen LogP contribution in [-0.2, 0) is 14.8 Å². The monoisotopic (exact) mass is 315 g/mol. The molecule has 1 amide bonds. The summed E-state index contributed by atoms with van der Waals surface area (Å²) in [5.74, 6) is 0.108. The standard InChI is InChI=1S/C11H25N3O3S.ClH/c1-8(2)10(12)6-7-14(4)11(15)9(3)13-18(5,16)17;/h8-10,13H,6-7,12H2,1-5H3;1H. The lowest BCUT2D eigenvalue weighted by Gasteiger charge is -2.24. The number of hydrogen-bond donors (Lipinski definition) is 2. The fourth-order valence-electron chi connectivity index (χ4n) is 1.49. The Morgan fingerprint density at radius 1 is 1.32 bits per heavy atom. The van der Waals surface area contributed by atoms with Crippen LogP contribution < -0.4 is 10.5 Å². The van der Waals surface area contributed by atoms with Crippen LogP contribution in [0.2, 0.25) is 0 Å². The summed E-state index contributed by atoms with van der Waals surface area (Å²) in [4.78, 5) is 13.4. The third-order valence-corrected chi connectivity index (χ3v) is 3.57. The molecule has 0 aliphatic heterocycles. The third kappa shape index (κ3) is 9.21. The van der Waals surface area contributed by atoms with Crippen LogP contribution in [0.4, 0.5) is 0 Å². The van der Waals surface area contributed by atoms with Crippen molar-refractivity contribution in [2.24, 2.45) is 11.7 Å². The van der Waals surface area contributed by atoms with Gasteiger partial charge in [0.25, 0.3) is 0 Å². The molecule has 0 aromatic carbocycles. The van der Waals surface area contributed by atoms with E-state index in [0.29, 0.717) is 18.9 Å². The first-order chi connectivity index (χ1) is 8.04. The van der Waals surface area contributed by atoms with E-state index in [1.54, 1.807) is 7.05 Å². The molecule has 0 aromatic heterocycles. The number of likely N-dealkylation sites (N-methyl/N-ethyl adjacent to an activating group) is 1. The van der Waals surface area contributed by atoms with Gasteiger partial charge < -0.3 is 10.6 Å². The first kappa shape index (κ1) is 20.9. The summed E-state index contributed by atoms with van der Waals surface area (Å²) in [5, 5.41) is 0. The molecule has 0 aromatic rings. The Morgan fingerprint density at radius 2 is 1.79 bits per heavy atom. The summed E-state index contributed by atoms with van der Waals surface area (Å²) in [7, 11) is -1.72. The van der Waals surface area contributed by atoms with Crippen molar-refractivity contribution >= 4 is 28.3 Å². The van der Waals surface area contributed by atoms with Crippen molar-refractivity contribution in [1.29, 1.82) is 0 Å². The van der Waals surface area contributed by atoms with Crippen molar-refractivity contribution in [2.75, 3.05) is 19.8 Å². The van der Waals surface area contributed by atoms with Gasteiger partial charge in [-0.05, 0) is 19.3 Å². The van der Waals surface area contributed by atoms with Gasteiger partial charge in [-0.1, -0.05) is 13.8 Å². The maximum absolute atomic E-state index is 11.9. The van der Waals surface area contributed by atoms with E-state index in [1.165, 1.54) is 11.8 Å². The van der Waals surface area contributed by atoms with Crippen LogP contribution in [0.3, 0.4) is 0 Å². The number of carbonyl (C=O) groups excluding carboxylic acids is 1. The van der Waals surface area contributed by atoms with Gasteiger partial charge in [0.2, 0.25) is 15.9 Å². The third-order valence-electron chi connectivity index (χ3n) is 2.79. The SMILES string of the molecule is CC(NS(C)(=O)=O)C(=O)N(C)CCC(N)C(C)C.Cl. The number of hydrogen-bond acceptors (Lipinski definition) is 4. The molecule has 19 heavy (non-hydrogen) atoms. The van der Waals surface area contributed by atoms with Gasteiger partial charge in [0.15, 0.2) is 0 Å². The molecule has 116 valence electrons. The normalized spacial score (nSPS) is 14.7. The number of carbonyl (C=O) groups is 1. The van der Waals surface area contributed by atoms with Crippen molar-refractivity contribution in [3.63, 3.8) is 0 Å². The van der Waals surface area contributed by atoms with Crippen LogP contribution in [-0.4, -0.2) is 51.2 Å². The van der Waals surface area contributed by atoms with E-state index in [-0.39, 0.29) is 24.4 Å². The highest BCUT2D eigenvalue weighted by Gasteiger charge is 2.21. The lowest BCUT2D eigenvalue weighted by atomic mass is 10.0. The quantitative estimate of drug-likeness (QED) is 0.701. The van der Waals surface area contributed by atoms with Crippen molar-refractivity contribution in [3.05, 3.63) is 0 Å². The number of rotatable bonds is 7. The molecular formula is C11H26ClN3O3S. The lowest BCUT2D eigenvalue weighted by Crippen LogP contribution is -2.46. The molecule has 0 aliphatic carbocycles. The molecule has 0 saturated heterocycles. The average Bonchev–Trinajstić information content (AvgIpc) is 2.21. The minimum atomic E-state index is -3.37. The molecule has 0 rings (SSSR count). The topological polar surface area (TPSA) is 92.5 Å². The minimum Gasteiger partial charge on any atom is -0.344 e. The Labute approximate surface area is 122 Å². The summed E-state index contributed by atoms with van der Waals surface area (Å²) in [6.45, 7) is 6.11. The van der Waals surface area contributed by atoms with Crippen molar-refractivity contribution < 1.29 is 13.2 Å². The van der Waals surface area contributed by atoms with E-state index in [0.717, 1.165) is 6.26 Å².